The molecule has 0 amide bonds. The molecule has 1 fully saturated rings. The first-order chi connectivity index (χ1) is 5.27. The summed E-state index contributed by atoms with van der Waals surface area (Å²) in [6, 6.07) is 3.62. The Bertz CT molecular complexity index is 252. The van der Waals surface area contributed by atoms with E-state index in [2.05, 4.69) is 15.9 Å². The van der Waals surface area contributed by atoms with Crippen LogP contribution in [0.3, 0.4) is 0 Å². The second kappa shape index (κ2) is 2.64. The quantitative estimate of drug-likeness (QED) is 0.825. The average molecular weight is 217 g/mol. The van der Waals surface area contributed by atoms with Crippen LogP contribution in [0.2, 0.25) is 0 Å². The van der Waals surface area contributed by atoms with Gasteiger partial charge in [-0.3, -0.25) is 0 Å². The minimum atomic E-state index is -0.388. The lowest BCUT2D eigenvalue weighted by atomic mass is 10.2. The van der Waals surface area contributed by atoms with Crippen LogP contribution in [-0.2, 0) is 0 Å². The SMILES string of the molecule is OC(c1ccc(Br)o1)C1CC1. The van der Waals surface area contributed by atoms with Gasteiger partial charge in [0, 0.05) is 0 Å². The summed E-state index contributed by atoms with van der Waals surface area (Å²) in [7, 11) is 0. The van der Waals surface area contributed by atoms with E-state index in [9.17, 15) is 5.11 Å². The summed E-state index contributed by atoms with van der Waals surface area (Å²) in [4.78, 5) is 0. The summed E-state index contributed by atoms with van der Waals surface area (Å²) in [5.74, 6) is 1.12. The maximum absolute atomic E-state index is 9.56. The number of rotatable bonds is 2. The van der Waals surface area contributed by atoms with Crippen LogP contribution in [0.15, 0.2) is 21.2 Å². The monoisotopic (exact) mass is 216 g/mol. The van der Waals surface area contributed by atoms with E-state index in [0.717, 1.165) is 12.8 Å². The molecule has 0 spiro atoms. The molecule has 1 aromatic heterocycles. The maximum Gasteiger partial charge on any atom is 0.169 e. The number of aliphatic hydroxyl groups is 1. The number of halogens is 1. The van der Waals surface area contributed by atoms with Crippen LogP contribution in [-0.4, -0.2) is 5.11 Å². The van der Waals surface area contributed by atoms with Gasteiger partial charge in [-0.15, -0.1) is 0 Å². The summed E-state index contributed by atoms with van der Waals surface area (Å²) in [6.45, 7) is 0. The molecule has 0 saturated heterocycles. The number of hydrogen-bond acceptors (Lipinski definition) is 2. The van der Waals surface area contributed by atoms with Crippen LogP contribution < -0.4 is 0 Å². The largest absolute Gasteiger partial charge is 0.452 e. The lowest BCUT2D eigenvalue weighted by molar-refractivity contribution is 0.126. The van der Waals surface area contributed by atoms with E-state index < -0.39 is 0 Å². The molecule has 1 aromatic rings. The van der Waals surface area contributed by atoms with Gasteiger partial charge in [-0.2, -0.15) is 0 Å². The minimum absolute atomic E-state index is 0.388. The van der Waals surface area contributed by atoms with Crippen molar-refractivity contribution in [2.75, 3.05) is 0 Å². The fraction of sp³-hybridized carbons (Fsp3) is 0.500. The highest BCUT2D eigenvalue weighted by Gasteiger charge is 2.32. The van der Waals surface area contributed by atoms with Gasteiger partial charge in [-0.25, -0.2) is 0 Å². The van der Waals surface area contributed by atoms with Crippen molar-refractivity contribution in [1.82, 2.24) is 0 Å². The Balaban J connectivity index is 2.14. The first-order valence-electron chi connectivity index (χ1n) is 3.70. The summed E-state index contributed by atoms with van der Waals surface area (Å²) < 4.78 is 5.90. The molecule has 1 N–H and O–H groups in total. The lowest BCUT2D eigenvalue weighted by Crippen LogP contribution is -1.96. The third-order valence-electron chi connectivity index (χ3n) is 1.95. The molecule has 0 bridgehead atoms. The van der Waals surface area contributed by atoms with Crippen molar-refractivity contribution in [3.05, 3.63) is 22.6 Å². The highest BCUT2D eigenvalue weighted by atomic mass is 79.9. The maximum atomic E-state index is 9.56. The standard InChI is InChI=1S/C8H9BrO2/c9-7-4-3-6(11-7)8(10)5-1-2-5/h3-5,8,10H,1-2H2. The molecule has 2 nitrogen and oxygen atoms in total. The predicted octanol–water partition coefficient (Wildman–Crippen LogP) is 2.49. The van der Waals surface area contributed by atoms with Crippen LogP contribution in [0, 0.1) is 5.92 Å². The zero-order chi connectivity index (χ0) is 7.84. The smallest absolute Gasteiger partial charge is 0.169 e. The van der Waals surface area contributed by atoms with Crippen molar-refractivity contribution in [3.8, 4) is 0 Å². The van der Waals surface area contributed by atoms with Crippen molar-refractivity contribution >= 4 is 15.9 Å². The van der Waals surface area contributed by atoms with E-state index in [1.54, 1.807) is 6.07 Å². The molecule has 0 aromatic carbocycles. The zero-order valence-electron chi connectivity index (χ0n) is 5.96. The fourth-order valence-electron chi connectivity index (χ4n) is 1.13. The molecule has 1 unspecified atom stereocenters. The molecule has 0 aliphatic heterocycles. The Hall–Kier alpha value is -0.280. The first-order valence-corrected chi connectivity index (χ1v) is 4.50. The Morgan fingerprint density at radius 2 is 2.27 bits per heavy atom. The van der Waals surface area contributed by atoms with Gasteiger partial charge in [0.15, 0.2) is 4.67 Å². The topological polar surface area (TPSA) is 33.4 Å². The molecule has 60 valence electrons. The van der Waals surface area contributed by atoms with Crippen molar-refractivity contribution in [1.29, 1.82) is 0 Å². The molecule has 11 heavy (non-hydrogen) atoms. The Morgan fingerprint density at radius 1 is 1.55 bits per heavy atom. The summed E-state index contributed by atoms with van der Waals surface area (Å²) in [5.41, 5.74) is 0. The van der Waals surface area contributed by atoms with Gasteiger partial charge in [-0.05, 0) is 46.8 Å². The van der Waals surface area contributed by atoms with Gasteiger partial charge in [0.05, 0.1) is 0 Å². The molecule has 0 radical (unpaired) electrons. The van der Waals surface area contributed by atoms with Crippen molar-refractivity contribution in [2.45, 2.75) is 18.9 Å². The summed E-state index contributed by atoms with van der Waals surface area (Å²) in [6.07, 6.45) is 1.86. The van der Waals surface area contributed by atoms with Crippen molar-refractivity contribution in [2.24, 2.45) is 5.92 Å². The highest BCUT2D eigenvalue weighted by molar-refractivity contribution is 9.10. The van der Waals surface area contributed by atoms with Gasteiger partial charge in [0.25, 0.3) is 0 Å². The van der Waals surface area contributed by atoms with Gasteiger partial charge in [0.1, 0.15) is 11.9 Å². The highest BCUT2D eigenvalue weighted by Crippen LogP contribution is 2.41. The van der Waals surface area contributed by atoms with Gasteiger partial charge in [0.2, 0.25) is 0 Å². The van der Waals surface area contributed by atoms with E-state index in [4.69, 9.17) is 4.42 Å². The number of furan rings is 1. The Labute approximate surface area is 73.3 Å². The third kappa shape index (κ3) is 1.49. The first kappa shape index (κ1) is 7.37. The van der Waals surface area contributed by atoms with Crippen LogP contribution in [0.4, 0.5) is 0 Å². The normalized spacial score (nSPS) is 20.2. The van der Waals surface area contributed by atoms with Gasteiger partial charge in [-0.1, -0.05) is 0 Å². The lowest BCUT2D eigenvalue weighted by Gasteiger charge is -2.03. The van der Waals surface area contributed by atoms with Crippen LogP contribution in [0.25, 0.3) is 0 Å². The average Bonchev–Trinajstić information content (AvgIpc) is 2.74. The molecule has 1 aliphatic rings. The zero-order valence-corrected chi connectivity index (χ0v) is 7.54. The molecule has 2 rings (SSSR count). The van der Waals surface area contributed by atoms with E-state index in [-0.39, 0.29) is 6.10 Å². The molecule has 1 atom stereocenters. The van der Waals surface area contributed by atoms with Gasteiger partial charge < -0.3 is 9.52 Å². The number of aliphatic hydroxyl groups excluding tert-OH is 1. The second-order valence-electron chi connectivity index (χ2n) is 2.92. The molecular formula is C8H9BrO2. The van der Waals surface area contributed by atoms with Crippen molar-refractivity contribution < 1.29 is 9.52 Å². The Kier molecular flexibility index (Phi) is 1.77. The molecule has 1 heterocycles. The fourth-order valence-corrected chi connectivity index (χ4v) is 1.45. The molecule has 1 saturated carbocycles. The summed E-state index contributed by atoms with van der Waals surface area (Å²) >= 11 is 3.19. The van der Waals surface area contributed by atoms with E-state index in [0.29, 0.717) is 16.3 Å². The Morgan fingerprint density at radius 3 is 2.73 bits per heavy atom. The summed E-state index contributed by atoms with van der Waals surface area (Å²) in [5, 5.41) is 9.56. The third-order valence-corrected chi connectivity index (χ3v) is 2.38. The predicted molar refractivity (Wildman–Crippen MR) is 44.1 cm³/mol. The molecule has 1 aliphatic carbocycles. The minimum Gasteiger partial charge on any atom is -0.452 e. The van der Waals surface area contributed by atoms with E-state index in [1.165, 1.54) is 0 Å². The molecular weight excluding hydrogens is 208 g/mol. The van der Waals surface area contributed by atoms with E-state index in [1.807, 2.05) is 6.07 Å². The van der Waals surface area contributed by atoms with Crippen LogP contribution >= 0.6 is 15.9 Å². The van der Waals surface area contributed by atoms with E-state index >= 15 is 0 Å². The van der Waals surface area contributed by atoms with Crippen LogP contribution in [0.1, 0.15) is 24.7 Å². The second-order valence-corrected chi connectivity index (χ2v) is 3.71. The van der Waals surface area contributed by atoms with Crippen molar-refractivity contribution in [3.63, 3.8) is 0 Å². The van der Waals surface area contributed by atoms with Crippen LogP contribution in [0.5, 0.6) is 0 Å². The number of hydrogen-bond donors (Lipinski definition) is 1. The molecule has 3 heteroatoms. The van der Waals surface area contributed by atoms with Gasteiger partial charge >= 0.3 is 0 Å².